The molecule has 0 N–H and O–H groups in total. The fourth-order valence-electron chi connectivity index (χ4n) is 3.09. The number of hydrogen-bond donors (Lipinski definition) is 0. The minimum Gasteiger partial charge on any atom is -0.493 e. The first kappa shape index (κ1) is 18.3. The molecule has 1 aliphatic rings. The molecule has 0 spiro atoms. The molecule has 1 aromatic rings. The maximum atomic E-state index is 6.11. The van der Waals surface area contributed by atoms with Crippen molar-refractivity contribution in [2.75, 3.05) is 6.61 Å². The summed E-state index contributed by atoms with van der Waals surface area (Å²) in [5.74, 6) is 1.09. The molecule has 1 fully saturated rings. The van der Waals surface area contributed by atoms with Gasteiger partial charge in [0.25, 0.3) is 0 Å². The molecule has 2 atom stereocenters. The van der Waals surface area contributed by atoms with Gasteiger partial charge in [0.2, 0.25) is 0 Å². The van der Waals surface area contributed by atoms with Gasteiger partial charge in [0.1, 0.15) is 5.75 Å². The van der Waals surface area contributed by atoms with Gasteiger partial charge >= 0.3 is 0 Å². The van der Waals surface area contributed by atoms with E-state index in [2.05, 4.69) is 67.5 Å². The number of ether oxygens (including phenoxy) is 2. The van der Waals surface area contributed by atoms with Gasteiger partial charge in [-0.3, -0.25) is 0 Å². The molecule has 0 bridgehead atoms. The Hall–Kier alpha value is -1.02. The molecule has 0 aliphatic carbocycles. The van der Waals surface area contributed by atoms with Gasteiger partial charge in [0.15, 0.2) is 0 Å². The summed E-state index contributed by atoms with van der Waals surface area (Å²) < 4.78 is 11.7. The van der Waals surface area contributed by atoms with Crippen LogP contribution in [0.5, 0.6) is 5.75 Å². The molecule has 0 amide bonds. The van der Waals surface area contributed by atoms with Gasteiger partial charge in [-0.1, -0.05) is 53.7 Å². The second-order valence-corrected chi connectivity index (χ2v) is 8.87. The van der Waals surface area contributed by atoms with E-state index in [1.807, 2.05) is 0 Å². The molecule has 1 saturated heterocycles. The standard InChI is InChI=1S/C21H34O2/c1-9-22-19-16(20(3,4)5)12-15(10-11-18-14(2)23-18)13-17(19)21(6,7)8/h12-14,18H,9-11H2,1-8H3. The third-order valence-electron chi connectivity index (χ3n) is 4.61. The van der Waals surface area contributed by atoms with E-state index < -0.39 is 0 Å². The number of hydrogen-bond acceptors (Lipinski definition) is 2. The summed E-state index contributed by atoms with van der Waals surface area (Å²) in [5, 5.41) is 0. The van der Waals surface area contributed by atoms with Crippen molar-refractivity contribution in [3.63, 3.8) is 0 Å². The Morgan fingerprint density at radius 1 is 1.00 bits per heavy atom. The summed E-state index contributed by atoms with van der Waals surface area (Å²) in [6.45, 7) is 18.6. The predicted octanol–water partition coefficient (Wildman–Crippen LogP) is 5.40. The number of benzene rings is 1. The van der Waals surface area contributed by atoms with Crippen LogP contribution < -0.4 is 4.74 Å². The quantitative estimate of drug-likeness (QED) is 0.678. The van der Waals surface area contributed by atoms with Crippen LogP contribution in [0.15, 0.2) is 12.1 Å². The van der Waals surface area contributed by atoms with Crippen LogP contribution in [0.3, 0.4) is 0 Å². The largest absolute Gasteiger partial charge is 0.493 e. The van der Waals surface area contributed by atoms with E-state index in [4.69, 9.17) is 9.47 Å². The molecule has 2 nitrogen and oxygen atoms in total. The molecule has 1 aliphatic heterocycles. The van der Waals surface area contributed by atoms with Crippen molar-refractivity contribution in [2.24, 2.45) is 0 Å². The molecule has 1 aromatic carbocycles. The van der Waals surface area contributed by atoms with Crippen molar-refractivity contribution in [3.05, 3.63) is 28.8 Å². The third kappa shape index (κ3) is 4.50. The van der Waals surface area contributed by atoms with Crippen LogP contribution in [-0.2, 0) is 22.0 Å². The topological polar surface area (TPSA) is 21.8 Å². The zero-order valence-electron chi connectivity index (χ0n) is 16.2. The maximum absolute atomic E-state index is 6.11. The predicted molar refractivity (Wildman–Crippen MR) is 97.7 cm³/mol. The molecule has 2 heteroatoms. The van der Waals surface area contributed by atoms with Crippen molar-refractivity contribution in [1.29, 1.82) is 0 Å². The van der Waals surface area contributed by atoms with E-state index in [1.54, 1.807) is 0 Å². The molecular weight excluding hydrogens is 284 g/mol. The van der Waals surface area contributed by atoms with Crippen LogP contribution in [0, 0.1) is 0 Å². The Kier molecular flexibility index (Phi) is 5.15. The fraction of sp³-hybridized carbons (Fsp3) is 0.714. The summed E-state index contributed by atoms with van der Waals surface area (Å²) in [6.07, 6.45) is 3.09. The lowest BCUT2D eigenvalue weighted by Gasteiger charge is -2.30. The Morgan fingerprint density at radius 3 is 1.83 bits per heavy atom. The monoisotopic (exact) mass is 318 g/mol. The van der Waals surface area contributed by atoms with Crippen LogP contribution >= 0.6 is 0 Å². The number of rotatable bonds is 5. The Balaban J connectivity index is 2.44. The second-order valence-electron chi connectivity index (χ2n) is 8.87. The summed E-state index contributed by atoms with van der Waals surface area (Å²) >= 11 is 0. The van der Waals surface area contributed by atoms with E-state index >= 15 is 0 Å². The highest BCUT2D eigenvalue weighted by molar-refractivity contribution is 5.51. The summed E-state index contributed by atoms with van der Waals surface area (Å²) in [7, 11) is 0. The highest BCUT2D eigenvalue weighted by Crippen LogP contribution is 2.41. The van der Waals surface area contributed by atoms with Crippen molar-refractivity contribution in [3.8, 4) is 5.75 Å². The minimum absolute atomic E-state index is 0.0733. The SMILES string of the molecule is CCOc1c(C(C)(C)C)cc(CCC2OC2C)cc1C(C)(C)C. The molecule has 0 radical (unpaired) electrons. The Bertz CT molecular complexity index is 511. The van der Waals surface area contributed by atoms with Gasteiger partial charge in [-0.05, 0) is 43.1 Å². The minimum atomic E-state index is 0.0733. The Labute approximate surface area is 142 Å². The van der Waals surface area contributed by atoms with Gasteiger partial charge < -0.3 is 9.47 Å². The van der Waals surface area contributed by atoms with Gasteiger partial charge in [-0.25, -0.2) is 0 Å². The highest BCUT2D eigenvalue weighted by atomic mass is 16.6. The van der Waals surface area contributed by atoms with E-state index in [9.17, 15) is 0 Å². The first-order valence-corrected chi connectivity index (χ1v) is 9.00. The molecule has 2 rings (SSSR count). The maximum Gasteiger partial charge on any atom is 0.126 e. The van der Waals surface area contributed by atoms with Gasteiger partial charge in [0, 0.05) is 11.1 Å². The van der Waals surface area contributed by atoms with Crippen molar-refractivity contribution in [2.45, 2.75) is 91.3 Å². The molecular formula is C21H34O2. The lowest BCUT2D eigenvalue weighted by molar-refractivity contribution is 0.319. The van der Waals surface area contributed by atoms with Crippen molar-refractivity contribution in [1.82, 2.24) is 0 Å². The summed E-state index contributed by atoms with van der Waals surface area (Å²) in [4.78, 5) is 0. The number of epoxide rings is 1. The average Bonchev–Trinajstić information content (AvgIpc) is 3.11. The van der Waals surface area contributed by atoms with E-state index in [0.29, 0.717) is 18.8 Å². The van der Waals surface area contributed by atoms with Crippen molar-refractivity contribution >= 4 is 0 Å². The van der Waals surface area contributed by atoms with Gasteiger partial charge in [0.05, 0.1) is 18.8 Å². The average molecular weight is 319 g/mol. The van der Waals surface area contributed by atoms with Crippen LogP contribution in [0.4, 0.5) is 0 Å². The molecule has 1 heterocycles. The van der Waals surface area contributed by atoms with E-state index in [0.717, 1.165) is 18.6 Å². The molecule has 2 unspecified atom stereocenters. The van der Waals surface area contributed by atoms with Crippen LogP contribution in [-0.4, -0.2) is 18.8 Å². The second kappa shape index (κ2) is 6.47. The van der Waals surface area contributed by atoms with Crippen molar-refractivity contribution < 1.29 is 9.47 Å². The summed E-state index contributed by atoms with van der Waals surface area (Å²) in [6, 6.07) is 4.71. The van der Waals surface area contributed by atoms with Crippen LogP contribution in [0.2, 0.25) is 0 Å². The molecule has 23 heavy (non-hydrogen) atoms. The van der Waals surface area contributed by atoms with Crippen LogP contribution in [0.25, 0.3) is 0 Å². The Morgan fingerprint density at radius 2 is 1.48 bits per heavy atom. The zero-order valence-corrected chi connectivity index (χ0v) is 16.2. The molecule has 130 valence electrons. The van der Waals surface area contributed by atoms with Gasteiger partial charge in [-0.15, -0.1) is 0 Å². The molecule has 0 saturated carbocycles. The smallest absolute Gasteiger partial charge is 0.126 e. The normalized spacial score (nSPS) is 21.4. The summed E-state index contributed by atoms with van der Waals surface area (Å²) in [5.41, 5.74) is 4.21. The fourth-order valence-corrected chi connectivity index (χ4v) is 3.09. The highest BCUT2D eigenvalue weighted by Gasteiger charge is 2.34. The molecule has 0 aromatic heterocycles. The van der Waals surface area contributed by atoms with E-state index in [-0.39, 0.29) is 10.8 Å². The lowest BCUT2D eigenvalue weighted by Crippen LogP contribution is -2.20. The first-order chi connectivity index (χ1) is 10.5. The van der Waals surface area contributed by atoms with E-state index in [1.165, 1.54) is 16.7 Å². The zero-order chi connectivity index (χ0) is 17.4. The number of aryl methyl sites for hydroxylation is 1. The van der Waals surface area contributed by atoms with Crippen LogP contribution in [0.1, 0.15) is 78.5 Å². The lowest BCUT2D eigenvalue weighted by atomic mass is 9.78. The van der Waals surface area contributed by atoms with Gasteiger partial charge in [-0.2, -0.15) is 0 Å². The first-order valence-electron chi connectivity index (χ1n) is 9.00. The third-order valence-corrected chi connectivity index (χ3v) is 4.61.